The monoisotopic (exact) mass is 204 g/mol. The van der Waals surface area contributed by atoms with Gasteiger partial charge in [-0.1, -0.05) is 20.8 Å². The second kappa shape index (κ2) is 7.18. The SMILES string of the molecule is CCN(CCCF)C(CC)(CC)CN. The highest BCUT2D eigenvalue weighted by Gasteiger charge is 2.30. The molecule has 0 atom stereocenters. The summed E-state index contributed by atoms with van der Waals surface area (Å²) in [6.07, 6.45) is 2.70. The first-order valence-corrected chi connectivity index (χ1v) is 5.71. The van der Waals surface area contributed by atoms with E-state index in [4.69, 9.17) is 5.73 Å². The van der Waals surface area contributed by atoms with Gasteiger partial charge in [0.25, 0.3) is 0 Å². The molecule has 0 aliphatic heterocycles. The van der Waals surface area contributed by atoms with Crippen molar-refractivity contribution >= 4 is 0 Å². The molecule has 0 aromatic carbocycles. The molecule has 0 aromatic rings. The molecule has 2 nitrogen and oxygen atoms in total. The van der Waals surface area contributed by atoms with Crippen LogP contribution in [0, 0.1) is 0 Å². The maximum Gasteiger partial charge on any atom is 0.0906 e. The molecule has 0 unspecified atom stereocenters. The summed E-state index contributed by atoms with van der Waals surface area (Å²) in [5.41, 5.74) is 5.93. The van der Waals surface area contributed by atoms with Crippen molar-refractivity contribution in [2.24, 2.45) is 5.73 Å². The van der Waals surface area contributed by atoms with E-state index in [0.717, 1.165) is 25.9 Å². The molecular formula is C11H25FN2. The first kappa shape index (κ1) is 13.8. The molecule has 0 bridgehead atoms. The Morgan fingerprint density at radius 1 is 1.21 bits per heavy atom. The Balaban J connectivity index is 4.40. The van der Waals surface area contributed by atoms with Crippen molar-refractivity contribution < 1.29 is 4.39 Å². The molecule has 0 radical (unpaired) electrons. The van der Waals surface area contributed by atoms with Crippen LogP contribution in [0.4, 0.5) is 4.39 Å². The highest BCUT2D eigenvalue weighted by molar-refractivity contribution is 4.88. The summed E-state index contributed by atoms with van der Waals surface area (Å²) in [5.74, 6) is 0. The third kappa shape index (κ3) is 3.21. The van der Waals surface area contributed by atoms with Gasteiger partial charge in [-0.25, -0.2) is 0 Å². The summed E-state index contributed by atoms with van der Waals surface area (Å²) in [4.78, 5) is 2.33. The predicted molar refractivity (Wildman–Crippen MR) is 60.2 cm³/mol. The Bertz CT molecular complexity index is 127. The minimum absolute atomic E-state index is 0.0872. The molecule has 0 saturated carbocycles. The smallest absolute Gasteiger partial charge is 0.0906 e. The van der Waals surface area contributed by atoms with Crippen LogP contribution in [0.15, 0.2) is 0 Å². The molecule has 86 valence electrons. The van der Waals surface area contributed by atoms with Gasteiger partial charge >= 0.3 is 0 Å². The van der Waals surface area contributed by atoms with Crippen molar-refractivity contribution in [2.75, 3.05) is 26.3 Å². The third-order valence-corrected chi connectivity index (χ3v) is 3.31. The molecule has 0 amide bonds. The summed E-state index contributed by atoms with van der Waals surface area (Å²) in [6.45, 7) is 8.66. The summed E-state index contributed by atoms with van der Waals surface area (Å²) < 4.78 is 12.1. The molecule has 0 fully saturated rings. The molecule has 14 heavy (non-hydrogen) atoms. The van der Waals surface area contributed by atoms with E-state index in [-0.39, 0.29) is 12.2 Å². The van der Waals surface area contributed by atoms with E-state index < -0.39 is 0 Å². The quantitative estimate of drug-likeness (QED) is 0.656. The zero-order valence-electron chi connectivity index (χ0n) is 9.85. The summed E-state index contributed by atoms with van der Waals surface area (Å²) >= 11 is 0. The fourth-order valence-electron chi connectivity index (χ4n) is 2.10. The van der Waals surface area contributed by atoms with Crippen molar-refractivity contribution in [2.45, 2.75) is 45.6 Å². The lowest BCUT2D eigenvalue weighted by atomic mass is 9.90. The predicted octanol–water partition coefficient (Wildman–Crippen LogP) is 2.19. The second-order valence-corrected chi connectivity index (χ2v) is 3.76. The topological polar surface area (TPSA) is 29.3 Å². The number of halogens is 1. The van der Waals surface area contributed by atoms with Gasteiger partial charge in [-0.15, -0.1) is 0 Å². The fourth-order valence-corrected chi connectivity index (χ4v) is 2.10. The minimum atomic E-state index is -0.232. The molecule has 0 aromatic heterocycles. The van der Waals surface area contributed by atoms with Gasteiger partial charge in [0.15, 0.2) is 0 Å². The van der Waals surface area contributed by atoms with E-state index in [2.05, 4.69) is 25.7 Å². The largest absolute Gasteiger partial charge is 0.329 e. The van der Waals surface area contributed by atoms with Crippen LogP contribution < -0.4 is 5.73 Å². The molecule has 0 aliphatic rings. The van der Waals surface area contributed by atoms with Gasteiger partial charge in [0.05, 0.1) is 6.67 Å². The highest BCUT2D eigenvalue weighted by atomic mass is 19.1. The first-order chi connectivity index (χ1) is 6.70. The molecule has 0 heterocycles. The van der Waals surface area contributed by atoms with Crippen LogP contribution in [0.25, 0.3) is 0 Å². The van der Waals surface area contributed by atoms with E-state index in [1.54, 1.807) is 0 Å². The van der Waals surface area contributed by atoms with E-state index in [0.29, 0.717) is 13.0 Å². The van der Waals surface area contributed by atoms with Gasteiger partial charge in [-0.2, -0.15) is 0 Å². The number of hydrogen-bond acceptors (Lipinski definition) is 2. The maximum atomic E-state index is 12.1. The lowest BCUT2D eigenvalue weighted by Crippen LogP contribution is -2.53. The summed E-state index contributed by atoms with van der Waals surface area (Å²) in [7, 11) is 0. The lowest BCUT2D eigenvalue weighted by molar-refractivity contribution is 0.0871. The van der Waals surface area contributed by atoms with E-state index in [9.17, 15) is 4.39 Å². The molecule has 0 saturated heterocycles. The molecule has 2 N–H and O–H groups in total. The van der Waals surface area contributed by atoms with Gasteiger partial charge in [0, 0.05) is 18.6 Å². The zero-order valence-corrected chi connectivity index (χ0v) is 9.85. The molecule has 3 heteroatoms. The zero-order chi connectivity index (χ0) is 11.0. The number of nitrogens with zero attached hydrogens (tertiary/aromatic N) is 1. The average molecular weight is 204 g/mol. The minimum Gasteiger partial charge on any atom is -0.329 e. The molecular weight excluding hydrogens is 179 g/mol. The van der Waals surface area contributed by atoms with Gasteiger partial charge in [-0.3, -0.25) is 9.29 Å². The fraction of sp³-hybridized carbons (Fsp3) is 1.00. The number of nitrogens with two attached hydrogens (primary N) is 1. The third-order valence-electron chi connectivity index (χ3n) is 3.31. The normalized spacial score (nSPS) is 12.4. The van der Waals surface area contributed by atoms with E-state index >= 15 is 0 Å². The van der Waals surface area contributed by atoms with Crippen LogP contribution >= 0.6 is 0 Å². The van der Waals surface area contributed by atoms with Gasteiger partial charge in [0.1, 0.15) is 0 Å². The van der Waals surface area contributed by atoms with Crippen molar-refractivity contribution in [3.8, 4) is 0 Å². The highest BCUT2D eigenvalue weighted by Crippen LogP contribution is 2.22. The number of likely N-dealkylation sites (N-methyl/N-ethyl adjacent to an activating group) is 1. The standard InChI is InChI=1S/C11H25FN2/c1-4-11(5-2,10-13)14(6-3)9-7-8-12/h4-10,13H2,1-3H3. The Hall–Kier alpha value is -0.150. The van der Waals surface area contributed by atoms with Gasteiger partial charge < -0.3 is 5.73 Å². The van der Waals surface area contributed by atoms with Crippen molar-refractivity contribution in [1.29, 1.82) is 0 Å². The van der Waals surface area contributed by atoms with Crippen LogP contribution in [0.1, 0.15) is 40.0 Å². The maximum absolute atomic E-state index is 12.1. The average Bonchev–Trinajstić information content (AvgIpc) is 2.25. The Morgan fingerprint density at radius 3 is 2.07 bits per heavy atom. The summed E-state index contributed by atoms with van der Waals surface area (Å²) in [5, 5.41) is 0. The lowest BCUT2D eigenvalue weighted by Gasteiger charge is -2.42. The molecule has 0 spiro atoms. The molecule has 0 rings (SSSR count). The molecule has 0 aliphatic carbocycles. The van der Waals surface area contributed by atoms with E-state index in [1.165, 1.54) is 0 Å². The Morgan fingerprint density at radius 2 is 1.79 bits per heavy atom. The Labute approximate surface area is 87.7 Å². The Kier molecular flexibility index (Phi) is 7.11. The van der Waals surface area contributed by atoms with Gasteiger partial charge in [0.2, 0.25) is 0 Å². The van der Waals surface area contributed by atoms with E-state index in [1.807, 2.05) is 0 Å². The van der Waals surface area contributed by atoms with Crippen LogP contribution in [-0.2, 0) is 0 Å². The number of hydrogen-bond donors (Lipinski definition) is 1. The van der Waals surface area contributed by atoms with Crippen LogP contribution in [0.3, 0.4) is 0 Å². The number of rotatable bonds is 8. The van der Waals surface area contributed by atoms with Gasteiger partial charge in [-0.05, 0) is 25.8 Å². The van der Waals surface area contributed by atoms with Crippen molar-refractivity contribution in [3.63, 3.8) is 0 Å². The number of alkyl halides is 1. The first-order valence-electron chi connectivity index (χ1n) is 5.71. The van der Waals surface area contributed by atoms with Crippen LogP contribution in [0.2, 0.25) is 0 Å². The van der Waals surface area contributed by atoms with Crippen molar-refractivity contribution in [1.82, 2.24) is 4.90 Å². The van der Waals surface area contributed by atoms with Crippen LogP contribution in [0.5, 0.6) is 0 Å². The second-order valence-electron chi connectivity index (χ2n) is 3.76. The van der Waals surface area contributed by atoms with Crippen LogP contribution in [-0.4, -0.2) is 36.7 Å². The summed E-state index contributed by atoms with van der Waals surface area (Å²) in [6, 6.07) is 0. The van der Waals surface area contributed by atoms with Crippen molar-refractivity contribution in [3.05, 3.63) is 0 Å².